The first-order valence-electron chi connectivity index (χ1n) is 7.62. The van der Waals surface area contributed by atoms with Gasteiger partial charge in [-0.1, -0.05) is 47.2 Å². The van der Waals surface area contributed by atoms with Gasteiger partial charge >= 0.3 is 0 Å². The number of hydrogen-bond donors (Lipinski definition) is 1. The number of nitrogens with zero attached hydrogens (tertiary/aromatic N) is 1. The summed E-state index contributed by atoms with van der Waals surface area (Å²) in [5, 5.41) is 4.13. The van der Waals surface area contributed by atoms with Crippen molar-refractivity contribution >= 4 is 74.5 Å². The third-order valence-corrected chi connectivity index (χ3v) is 5.59. The van der Waals surface area contributed by atoms with Crippen LogP contribution in [0.2, 0.25) is 10.0 Å². The summed E-state index contributed by atoms with van der Waals surface area (Å²) in [5.41, 5.74) is 2.08. The molecule has 2 aromatic heterocycles. The first-order chi connectivity index (χ1) is 13.0. The Kier molecular flexibility index (Phi) is 4.86. The summed E-state index contributed by atoms with van der Waals surface area (Å²) in [6, 6.07) is 5.28. The number of rotatable bonds is 3. The predicted octanol–water partition coefficient (Wildman–Crippen LogP) is 5.30. The highest BCUT2D eigenvalue weighted by Crippen LogP contribution is 2.39. The number of benzene rings is 1. The molecule has 0 saturated carbocycles. The van der Waals surface area contributed by atoms with E-state index in [1.54, 1.807) is 36.7 Å². The van der Waals surface area contributed by atoms with Crippen LogP contribution in [0.5, 0.6) is 5.75 Å². The smallest absolute Gasteiger partial charge is 0.263 e. The second-order valence-corrected chi connectivity index (χ2v) is 8.11. The molecule has 1 aliphatic heterocycles. The number of carbonyl (C=O) groups excluding carboxylic acids is 1. The lowest BCUT2D eigenvalue weighted by atomic mass is 10.1. The molecule has 0 aliphatic carbocycles. The van der Waals surface area contributed by atoms with E-state index in [0.717, 1.165) is 16.5 Å². The highest BCUT2D eigenvalue weighted by molar-refractivity contribution is 8.26. The van der Waals surface area contributed by atoms with Crippen molar-refractivity contribution in [2.75, 3.05) is 7.11 Å². The Bertz CT molecular complexity index is 1120. The molecule has 3 heterocycles. The van der Waals surface area contributed by atoms with Gasteiger partial charge in [-0.25, -0.2) is 0 Å². The zero-order valence-electron chi connectivity index (χ0n) is 13.7. The van der Waals surface area contributed by atoms with E-state index in [9.17, 15) is 4.79 Å². The number of amides is 1. The van der Waals surface area contributed by atoms with E-state index >= 15 is 0 Å². The van der Waals surface area contributed by atoms with Crippen molar-refractivity contribution in [1.82, 2.24) is 10.3 Å². The lowest BCUT2D eigenvalue weighted by molar-refractivity contribution is -0.115. The monoisotopic (exact) mass is 436 g/mol. The Balaban J connectivity index is 1.82. The summed E-state index contributed by atoms with van der Waals surface area (Å²) in [5.74, 6) is 0.692. The van der Waals surface area contributed by atoms with Crippen LogP contribution in [-0.2, 0) is 4.79 Å². The third kappa shape index (κ3) is 3.43. The van der Waals surface area contributed by atoms with Crippen molar-refractivity contribution in [1.29, 1.82) is 0 Å². The van der Waals surface area contributed by atoms with Crippen LogP contribution in [0.3, 0.4) is 0 Å². The van der Waals surface area contributed by atoms with Gasteiger partial charge in [0.15, 0.2) is 5.75 Å². The van der Waals surface area contributed by atoms with Crippen LogP contribution in [0.25, 0.3) is 28.2 Å². The van der Waals surface area contributed by atoms with Gasteiger partial charge in [0, 0.05) is 29.4 Å². The number of pyridine rings is 1. The highest BCUT2D eigenvalue weighted by Gasteiger charge is 2.23. The molecule has 1 aliphatic rings. The fourth-order valence-corrected chi connectivity index (χ4v) is 4.39. The molecule has 9 heteroatoms. The number of nitrogens with one attached hydrogen (secondary N) is 1. The van der Waals surface area contributed by atoms with Crippen molar-refractivity contribution in [3.63, 3.8) is 0 Å². The summed E-state index contributed by atoms with van der Waals surface area (Å²) in [7, 11) is 1.50. The van der Waals surface area contributed by atoms with Crippen LogP contribution in [0, 0.1) is 0 Å². The van der Waals surface area contributed by atoms with Crippen LogP contribution in [0.15, 0.2) is 39.9 Å². The van der Waals surface area contributed by atoms with E-state index in [1.165, 1.54) is 18.9 Å². The Hall–Kier alpha value is -2.06. The van der Waals surface area contributed by atoms with Gasteiger partial charge in [0.1, 0.15) is 15.7 Å². The summed E-state index contributed by atoms with van der Waals surface area (Å²) in [4.78, 5) is 16.6. The number of thioether (sulfide) groups is 1. The van der Waals surface area contributed by atoms with Gasteiger partial charge in [-0.3, -0.25) is 9.78 Å². The Morgan fingerprint density at radius 1 is 1.26 bits per heavy atom. The number of carbonyl (C=O) groups is 1. The quantitative estimate of drug-likeness (QED) is 0.443. The van der Waals surface area contributed by atoms with Gasteiger partial charge in [-0.2, -0.15) is 0 Å². The topological polar surface area (TPSA) is 64.4 Å². The molecule has 4 rings (SSSR count). The first kappa shape index (κ1) is 18.3. The van der Waals surface area contributed by atoms with Crippen LogP contribution in [0.4, 0.5) is 0 Å². The lowest BCUT2D eigenvalue weighted by Gasteiger charge is -2.09. The number of thiocarbonyl (C=S) groups is 1. The normalized spacial score (nSPS) is 15.6. The SMILES string of the molecule is COc1c(Cl)cc(-c2cncc3cc(/C=C4/SC(=S)NC4=O)oc23)cc1Cl. The molecule has 1 aromatic carbocycles. The molecule has 0 bridgehead atoms. The molecular weight excluding hydrogens is 427 g/mol. The number of halogens is 2. The molecule has 0 radical (unpaired) electrons. The minimum Gasteiger partial charge on any atom is -0.494 e. The molecule has 3 aromatic rings. The number of ether oxygens (including phenoxy) is 1. The van der Waals surface area contributed by atoms with Crippen LogP contribution < -0.4 is 10.1 Å². The fourth-order valence-electron chi connectivity index (χ4n) is 2.72. The summed E-state index contributed by atoms with van der Waals surface area (Å²) in [6.07, 6.45) is 5.00. The number of fused-ring (bicyclic) bond motifs is 1. The van der Waals surface area contributed by atoms with Crippen LogP contribution in [0.1, 0.15) is 5.76 Å². The third-order valence-electron chi connectivity index (χ3n) is 3.87. The molecular formula is C18H10Cl2N2O3S2. The molecule has 0 unspecified atom stereocenters. The van der Waals surface area contributed by atoms with E-state index in [1.807, 2.05) is 0 Å². The average Bonchev–Trinajstić information content (AvgIpc) is 3.16. The number of hydrogen-bond acceptors (Lipinski definition) is 6. The van der Waals surface area contributed by atoms with E-state index in [-0.39, 0.29) is 5.91 Å². The van der Waals surface area contributed by atoms with E-state index in [0.29, 0.717) is 36.4 Å². The molecule has 0 spiro atoms. The van der Waals surface area contributed by atoms with Crippen LogP contribution in [-0.4, -0.2) is 22.3 Å². The van der Waals surface area contributed by atoms with Crippen LogP contribution >= 0.6 is 47.2 Å². The standard InChI is InChI=1S/C18H10Cl2N2O3S2/c1-24-16-12(19)3-8(4-13(16)20)11-7-21-6-9-2-10(25-15(9)11)5-14-17(23)22-18(26)27-14/h2-7H,1H3,(H,22,23,26)/b14-5+. The molecule has 1 saturated heterocycles. The van der Waals surface area contributed by atoms with Crippen molar-refractivity contribution in [3.05, 3.63) is 51.3 Å². The van der Waals surface area contributed by atoms with Crippen molar-refractivity contribution < 1.29 is 13.9 Å². The second kappa shape index (κ2) is 7.16. The molecule has 27 heavy (non-hydrogen) atoms. The van der Waals surface area contributed by atoms with Gasteiger partial charge in [-0.15, -0.1) is 0 Å². The van der Waals surface area contributed by atoms with Gasteiger partial charge in [0.05, 0.1) is 22.1 Å². The molecule has 1 N–H and O–H groups in total. The molecule has 136 valence electrons. The van der Waals surface area contributed by atoms with Gasteiger partial charge in [-0.05, 0) is 23.8 Å². The molecule has 5 nitrogen and oxygen atoms in total. The van der Waals surface area contributed by atoms with Gasteiger partial charge in [0.25, 0.3) is 5.91 Å². The van der Waals surface area contributed by atoms with E-state index in [4.69, 9.17) is 44.6 Å². The molecule has 1 fully saturated rings. The number of furan rings is 1. The van der Waals surface area contributed by atoms with Crippen molar-refractivity contribution in [2.45, 2.75) is 0 Å². The maximum atomic E-state index is 11.8. The molecule has 1 amide bonds. The average molecular weight is 437 g/mol. The fraction of sp³-hybridized carbons (Fsp3) is 0.0556. The Morgan fingerprint density at radius 2 is 2.00 bits per heavy atom. The summed E-state index contributed by atoms with van der Waals surface area (Å²) in [6.45, 7) is 0. The second-order valence-electron chi connectivity index (χ2n) is 5.58. The van der Waals surface area contributed by atoms with Crippen molar-refractivity contribution in [3.8, 4) is 16.9 Å². The molecule has 0 atom stereocenters. The highest BCUT2D eigenvalue weighted by atomic mass is 35.5. The maximum Gasteiger partial charge on any atom is 0.263 e. The largest absolute Gasteiger partial charge is 0.494 e. The minimum atomic E-state index is -0.238. The van der Waals surface area contributed by atoms with E-state index in [2.05, 4.69) is 10.3 Å². The number of aromatic nitrogens is 1. The first-order valence-corrected chi connectivity index (χ1v) is 9.60. The van der Waals surface area contributed by atoms with Gasteiger partial charge in [0.2, 0.25) is 0 Å². The van der Waals surface area contributed by atoms with Crippen molar-refractivity contribution in [2.24, 2.45) is 0 Å². The lowest BCUT2D eigenvalue weighted by Crippen LogP contribution is -2.17. The number of methoxy groups -OCH3 is 1. The maximum absolute atomic E-state index is 11.8. The van der Waals surface area contributed by atoms with E-state index < -0.39 is 0 Å². The Labute approximate surface area is 173 Å². The predicted molar refractivity (Wildman–Crippen MR) is 112 cm³/mol. The summed E-state index contributed by atoms with van der Waals surface area (Å²) < 4.78 is 11.6. The Morgan fingerprint density at radius 3 is 2.63 bits per heavy atom. The van der Waals surface area contributed by atoms with Gasteiger partial charge < -0.3 is 14.5 Å². The zero-order chi connectivity index (χ0) is 19.1. The zero-order valence-corrected chi connectivity index (χ0v) is 16.9. The minimum absolute atomic E-state index is 0.238. The summed E-state index contributed by atoms with van der Waals surface area (Å²) >= 11 is 18.7.